The number of benzene rings is 1. The molecule has 1 aliphatic rings. The van der Waals surface area contributed by atoms with Crippen LogP contribution in [0, 0.1) is 0 Å². The van der Waals surface area contributed by atoms with Crippen LogP contribution in [0.25, 0.3) is 0 Å². The Kier molecular flexibility index (Phi) is 5.45. The Bertz CT molecular complexity index is 408. The van der Waals surface area contributed by atoms with Crippen LogP contribution in [0.4, 0.5) is 0 Å². The first-order chi connectivity index (χ1) is 9.19. The molecule has 5 heteroatoms. The fraction of sp³-hybridized carbons (Fsp3) is 0.571. The number of ether oxygens (including phenoxy) is 3. The van der Waals surface area contributed by atoms with Crippen LogP contribution in [0.1, 0.15) is 5.56 Å². The lowest BCUT2D eigenvalue weighted by Crippen LogP contribution is -2.38. The predicted octanol–water partition coefficient (Wildman–Crippen LogP) is 2.20. The minimum atomic E-state index is 0.160. The van der Waals surface area contributed by atoms with E-state index in [2.05, 4.69) is 11.9 Å². The maximum Gasteiger partial charge on any atom is 0.137 e. The summed E-state index contributed by atoms with van der Waals surface area (Å²) in [5.74, 6) is 0.706. The zero-order chi connectivity index (χ0) is 13.7. The van der Waals surface area contributed by atoms with Gasteiger partial charge >= 0.3 is 0 Å². The van der Waals surface area contributed by atoms with Gasteiger partial charge in [0.25, 0.3) is 0 Å². The number of halogens is 1. The van der Waals surface area contributed by atoms with Gasteiger partial charge in [-0.1, -0.05) is 17.7 Å². The van der Waals surface area contributed by atoms with E-state index in [-0.39, 0.29) is 6.10 Å². The third kappa shape index (κ3) is 4.35. The van der Waals surface area contributed by atoms with Crippen molar-refractivity contribution in [2.24, 2.45) is 0 Å². The molecule has 1 fully saturated rings. The van der Waals surface area contributed by atoms with Gasteiger partial charge in [-0.05, 0) is 24.7 Å². The van der Waals surface area contributed by atoms with Gasteiger partial charge in [-0.15, -0.1) is 0 Å². The molecule has 0 N–H and O–H groups in total. The highest BCUT2D eigenvalue weighted by Gasteiger charge is 2.16. The minimum absolute atomic E-state index is 0.160. The van der Waals surface area contributed by atoms with E-state index in [1.54, 1.807) is 7.11 Å². The third-order valence-corrected chi connectivity index (χ3v) is 3.36. The minimum Gasteiger partial charge on any atom is -0.495 e. The Morgan fingerprint density at radius 3 is 2.89 bits per heavy atom. The zero-order valence-corrected chi connectivity index (χ0v) is 12.2. The fourth-order valence-electron chi connectivity index (χ4n) is 2.17. The molecule has 1 heterocycles. The molecule has 0 amide bonds. The largest absolute Gasteiger partial charge is 0.495 e. The van der Waals surface area contributed by atoms with Crippen molar-refractivity contribution in [3.63, 3.8) is 0 Å². The van der Waals surface area contributed by atoms with Crippen molar-refractivity contribution in [1.82, 2.24) is 4.90 Å². The standard InChI is InChI=1S/C14H20ClNO3/c1-16(9-12-10-18-5-6-19-12)8-11-3-4-14(17-2)13(15)7-11/h3-4,7,12H,5-6,8-10H2,1-2H3/t12-/m0/s1. The molecule has 1 aromatic carbocycles. The Labute approximate surface area is 119 Å². The highest BCUT2D eigenvalue weighted by Crippen LogP contribution is 2.25. The third-order valence-electron chi connectivity index (χ3n) is 3.07. The molecule has 1 aromatic rings. The Morgan fingerprint density at radius 2 is 2.26 bits per heavy atom. The van der Waals surface area contributed by atoms with Gasteiger partial charge in [0.1, 0.15) is 5.75 Å². The Hall–Kier alpha value is -0.810. The molecular formula is C14H20ClNO3. The maximum atomic E-state index is 6.12. The molecule has 4 nitrogen and oxygen atoms in total. The molecule has 0 unspecified atom stereocenters. The quantitative estimate of drug-likeness (QED) is 0.830. The first-order valence-electron chi connectivity index (χ1n) is 6.39. The van der Waals surface area contributed by atoms with Gasteiger partial charge in [-0.3, -0.25) is 4.90 Å². The molecule has 106 valence electrons. The summed E-state index contributed by atoms with van der Waals surface area (Å²) >= 11 is 6.12. The molecule has 0 saturated carbocycles. The maximum absolute atomic E-state index is 6.12. The SMILES string of the molecule is COc1ccc(CN(C)C[C@H]2COCCO2)cc1Cl. The van der Waals surface area contributed by atoms with Gasteiger partial charge < -0.3 is 14.2 Å². The smallest absolute Gasteiger partial charge is 0.137 e. The summed E-state index contributed by atoms with van der Waals surface area (Å²) in [6, 6.07) is 5.86. The Balaban J connectivity index is 1.87. The van der Waals surface area contributed by atoms with Crippen LogP contribution in [0.15, 0.2) is 18.2 Å². The van der Waals surface area contributed by atoms with Crippen molar-refractivity contribution in [2.75, 3.05) is 40.5 Å². The van der Waals surface area contributed by atoms with E-state index in [1.807, 2.05) is 18.2 Å². The summed E-state index contributed by atoms with van der Waals surface area (Å²) in [6.45, 7) is 3.74. The number of methoxy groups -OCH3 is 1. The molecule has 0 bridgehead atoms. The summed E-state index contributed by atoms with van der Waals surface area (Å²) in [6.07, 6.45) is 0.160. The van der Waals surface area contributed by atoms with Crippen molar-refractivity contribution in [2.45, 2.75) is 12.6 Å². The van der Waals surface area contributed by atoms with Gasteiger partial charge in [0.2, 0.25) is 0 Å². The Morgan fingerprint density at radius 1 is 1.42 bits per heavy atom. The van der Waals surface area contributed by atoms with Gasteiger partial charge in [-0.25, -0.2) is 0 Å². The van der Waals surface area contributed by atoms with Gasteiger partial charge in [-0.2, -0.15) is 0 Å². The lowest BCUT2D eigenvalue weighted by Gasteiger charge is -2.27. The van der Waals surface area contributed by atoms with Crippen LogP contribution in [-0.2, 0) is 16.0 Å². The van der Waals surface area contributed by atoms with E-state index >= 15 is 0 Å². The van der Waals surface area contributed by atoms with Crippen molar-refractivity contribution in [3.05, 3.63) is 28.8 Å². The molecule has 0 radical (unpaired) electrons. The van der Waals surface area contributed by atoms with E-state index < -0.39 is 0 Å². The van der Waals surface area contributed by atoms with Gasteiger partial charge in [0.05, 0.1) is 38.1 Å². The van der Waals surface area contributed by atoms with Crippen LogP contribution >= 0.6 is 11.6 Å². The fourth-order valence-corrected chi connectivity index (χ4v) is 2.45. The van der Waals surface area contributed by atoms with E-state index in [4.69, 9.17) is 25.8 Å². The molecule has 0 spiro atoms. The zero-order valence-electron chi connectivity index (χ0n) is 11.4. The highest BCUT2D eigenvalue weighted by atomic mass is 35.5. The average Bonchev–Trinajstić information content (AvgIpc) is 2.40. The van der Waals surface area contributed by atoms with Crippen LogP contribution < -0.4 is 4.74 Å². The van der Waals surface area contributed by atoms with E-state index in [1.165, 1.54) is 0 Å². The first kappa shape index (κ1) is 14.6. The second-order valence-corrected chi connectivity index (χ2v) is 5.14. The summed E-state index contributed by atoms with van der Waals surface area (Å²) in [4.78, 5) is 2.21. The van der Waals surface area contributed by atoms with E-state index in [0.29, 0.717) is 30.6 Å². The number of hydrogen-bond donors (Lipinski definition) is 0. The van der Waals surface area contributed by atoms with E-state index in [0.717, 1.165) is 18.7 Å². The average molecular weight is 286 g/mol. The topological polar surface area (TPSA) is 30.9 Å². The molecule has 19 heavy (non-hydrogen) atoms. The van der Waals surface area contributed by atoms with Crippen LogP contribution in [0.5, 0.6) is 5.75 Å². The van der Waals surface area contributed by atoms with Crippen LogP contribution in [0.3, 0.4) is 0 Å². The van der Waals surface area contributed by atoms with Crippen molar-refractivity contribution in [3.8, 4) is 5.75 Å². The molecule has 0 aromatic heterocycles. The molecule has 1 atom stereocenters. The van der Waals surface area contributed by atoms with Crippen LogP contribution in [0.2, 0.25) is 5.02 Å². The van der Waals surface area contributed by atoms with E-state index in [9.17, 15) is 0 Å². The molecule has 1 saturated heterocycles. The number of rotatable bonds is 5. The first-order valence-corrected chi connectivity index (χ1v) is 6.77. The molecule has 2 rings (SSSR count). The van der Waals surface area contributed by atoms with Gasteiger partial charge in [0, 0.05) is 13.1 Å². The summed E-state index contributed by atoms with van der Waals surface area (Å²) < 4.78 is 16.2. The highest BCUT2D eigenvalue weighted by molar-refractivity contribution is 6.32. The lowest BCUT2D eigenvalue weighted by molar-refractivity contribution is -0.0962. The predicted molar refractivity (Wildman–Crippen MR) is 74.9 cm³/mol. The monoisotopic (exact) mass is 285 g/mol. The molecular weight excluding hydrogens is 266 g/mol. The number of nitrogens with zero attached hydrogens (tertiary/aromatic N) is 1. The second kappa shape index (κ2) is 7.10. The second-order valence-electron chi connectivity index (χ2n) is 4.73. The van der Waals surface area contributed by atoms with Crippen LogP contribution in [-0.4, -0.2) is 51.5 Å². The summed E-state index contributed by atoms with van der Waals surface area (Å²) in [5, 5.41) is 0.644. The number of hydrogen-bond acceptors (Lipinski definition) is 4. The molecule has 1 aliphatic heterocycles. The molecule has 0 aliphatic carbocycles. The summed E-state index contributed by atoms with van der Waals surface area (Å²) in [5.41, 5.74) is 1.16. The lowest BCUT2D eigenvalue weighted by atomic mass is 10.2. The number of likely N-dealkylation sites (N-methyl/N-ethyl adjacent to an activating group) is 1. The van der Waals surface area contributed by atoms with Gasteiger partial charge in [0.15, 0.2) is 0 Å². The van der Waals surface area contributed by atoms with Crippen molar-refractivity contribution < 1.29 is 14.2 Å². The van der Waals surface area contributed by atoms with Crippen molar-refractivity contribution in [1.29, 1.82) is 0 Å². The van der Waals surface area contributed by atoms with Crippen molar-refractivity contribution >= 4 is 11.6 Å². The normalized spacial score (nSPS) is 19.7. The summed E-state index contributed by atoms with van der Waals surface area (Å²) in [7, 11) is 3.68.